The van der Waals surface area contributed by atoms with Gasteiger partial charge < -0.3 is 25.0 Å². The summed E-state index contributed by atoms with van der Waals surface area (Å²) in [5.41, 5.74) is -0.221. The van der Waals surface area contributed by atoms with E-state index in [1.54, 1.807) is 48.5 Å². The third-order valence-corrected chi connectivity index (χ3v) is 6.16. The van der Waals surface area contributed by atoms with Crippen LogP contribution in [0.3, 0.4) is 0 Å². The van der Waals surface area contributed by atoms with E-state index in [1.807, 2.05) is 0 Å². The van der Waals surface area contributed by atoms with Crippen molar-refractivity contribution in [3.05, 3.63) is 54.1 Å². The van der Waals surface area contributed by atoms with Gasteiger partial charge in [0.1, 0.15) is 18.0 Å². The van der Waals surface area contributed by atoms with Crippen LogP contribution in [0.25, 0.3) is 0 Å². The number of ether oxygens (including phenoxy) is 2. The second kappa shape index (κ2) is 7.80. The lowest BCUT2D eigenvalue weighted by molar-refractivity contribution is -0.136. The minimum absolute atomic E-state index is 0.0407. The molecule has 2 aromatic carbocycles. The van der Waals surface area contributed by atoms with Crippen LogP contribution >= 0.6 is 0 Å². The molecule has 1 spiro atoms. The molecule has 33 heavy (non-hydrogen) atoms. The largest absolute Gasteiger partial charge is 0.493 e. The van der Waals surface area contributed by atoms with Crippen LogP contribution in [0, 0.1) is 0 Å². The van der Waals surface area contributed by atoms with Gasteiger partial charge in [0.25, 0.3) is 11.8 Å². The molecule has 0 bridgehead atoms. The number of carbonyl (C=O) groups is 4. The third kappa shape index (κ3) is 3.25. The van der Waals surface area contributed by atoms with E-state index in [9.17, 15) is 19.2 Å². The molecule has 0 unspecified atom stereocenters. The molecule has 10 nitrogen and oxygen atoms in total. The predicted molar refractivity (Wildman–Crippen MR) is 116 cm³/mol. The quantitative estimate of drug-likeness (QED) is 0.667. The van der Waals surface area contributed by atoms with Gasteiger partial charge in [0.15, 0.2) is 11.6 Å². The van der Waals surface area contributed by atoms with Gasteiger partial charge in [-0.05, 0) is 18.2 Å². The number of fused-ring (bicyclic) bond motifs is 3. The number of urea groups is 1. The summed E-state index contributed by atoms with van der Waals surface area (Å²) in [5, 5.41) is 5.30. The highest BCUT2D eigenvalue weighted by Gasteiger charge is 2.55. The van der Waals surface area contributed by atoms with Crippen molar-refractivity contribution in [2.24, 2.45) is 0 Å². The summed E-state index contributed by atoms with van der Waals surface area (Å²) in [6, 6.07) is 13.2. The van der Waals surface area contributed by atoms with Crippen LogP contribution in [0.1, 0.15) is 12.0 Å². The van der Waals surface area contributed by atoms with Crippen LogP contribution in [0.5, 0.6) is 11.5 Å². The van der Waals surface area contributed by atoms with Crippen molar-refractivity contribution in [1.29, 1.82) is 0 Å². The number of rotatable bonds is 3. The van der Waals surface area contributed by atoms with Crippen molar-refractivity contribution in [2.75, 3.05) is 31.6 Å². The molecule has 1 saturated heterocycles. The zero-order valence-electron chi connectivity index (χ0n) is 17.9. The van der Waals surface area contributed by atoms with Crippen LogP contribution in [0.4, 0.5) is 10.5 Å². The minimum Gasteiger partial charge on any atom is -0.493 e. The van der Waals surface area contributed by atoms with E-state index in [2.05, 4.69) is 10.6 Å². The number of imide groups is 1. The molecular weight excluding hydrogens is 428 g/mol. The average Bonchev–Trinajstić information content (AvgIpc) is 3.07. The number of benzene rings is 2. The number of para-hydroxylation sites is 3. The lowest BCUT2D eigenvalue weighted by Gasteiger charge is -2.35. The SMILES string of the molecule is CNC(=O)[C@H]1CN(C(=O)CN2C(=O)N[C@]3(CCOc4ccccc43)C2=O)c2ccccc2O1. The summed E-state index contributed by atoms with van der Waals surface area (Å²) in [7, 11) is 1.48. The van der Waals surface area contributed by atoms with Crippen molar-refractivity contribution in [2.45, 2.75) is 18.1 Å². The maximum absolute atomic E-state index is 13.5. The Morgan fingerprint density at radius 3 is 2.64 bits per heavy atom. The molecule has 0 aliphatic carbocycles. The molecule has 10 heteroatoms. The topological polar surface area (TPSA) is 117 Å². The molecule has 3 aliphatic heterocycles. The van der Waals surface area contributed by atoms with Crippen LogP contribution in [-0.4, -0.2) is 61.5 Å². The molecule has 5 rings (SSSR count). The van der Waals surface area contributed by atoms with Crippen molar-refractivity contribution >= 4 is 29.4 Å². The molecule has 2 aromatic rings. The molecule has 3 aliphatic rings. The summed E-state index contributed by atoms with van der Waals surface area (Å²) in [4.78, 5) is 54.1. The number of carbonyl (C=O) groups excluding carboxylic acids is 4. The number of nitrogens with zero attached hydrogens (tertiary/aromatic N) is 2. The third-order valence-electron chi connectivity index (χ3n) is 6.16. The van der Waals surface area contributed by atoms with Gasteiger partial charge in [-0.25, -0.2) is 4.79 Å². The number of hydrogen-bond acceptors (Lipinski definition) is 6. The molecule has 0 radical (unpaired) electrons. The normalized spacial score (nSPS) is 23.2. The summed E-state index contributed by atoms with van der Waals surface area (Å²) in [5.74, 6) is -0.476. The Bertz CT molecular complexity index is 1170. The first kappa shape index (κ1) is 20.8. The summed E-state index contributed by atoms with van der Waals surface area (Å²) in [6.45, 7) is -0.249. The molecule has 2 N–H and O–H groups in total. The second-order valence-corrected chi connectivity index (χ2v) is 8.01. The summed E-state index contributed by atoms with van der Waals surface area (Å²) >= 11 is 0. The van der Waals surface area contributed by atoms with E-state index < -0.39 is 36.0 Å². The first-order valence-electron chi connectivity index (χ1n) is 10.6. The lowest BCUT2D eigenvalue weighted by Crippen LogP contribution is -2.53. The van der Waals surface area contributed by atoms with Gasteiger partial charge in [-0.15, -0.1) is 0 Å². The molecule has 2 atom stereocenters. The maximum Gasteiger partial charge on any atom is 0.325 e. The zero-order chi connectivity index (χ0) is 23.2. The van der Waals surface area contributed by atoms with Gasteiger partial charge >= 0.3 is 6.03 Å². The van der Waals surface area contributed by atoms with Crippen molar-refractivity contribution in [3.63, 3.8) is 0 Å². The Kier molecular flexibility index (Phi) is 4.92. The second-order valence-electron chi connectivity index (χ2n) is 8.01. The van der Waals surface area contributed by atoms with E-state index in [0.29, 0.717) is 22.7 Å². The molecule has 1 fully saturated rings. The smallest absolute Gasteiger partial charge is 0.325 e. The van der Waals surface area contributed by atoms with Crippen molar-refractivity contribution in [1.82, 2.24) is 15.5 Å². The van der Waals surface area contributed by atoms with Crippen LogP contribution in [0.2, 0.25) is 0 Å². The fourth-order valence-corrected chi connectivity index (χ4v) is 4.50. The van der Waals surface area contributed by atoms with Gasteiger partial charge in [0.05, 0.1) is 18.8 Å². The summed E-state index contributed by atoms with van der Waals surface area (Å²) in [6.07, 6.45) is -0.649. The van der Waals surface area contributed by atoms with E-state index in [1.165, 1.54) is 11.9 Å². The van der Waals surface area contributed by atoms with E-state index in [4.69, 9.17) is 9.47 Å². The van der Waals surface area contributed by atoms with Crippen LogP contribution in [0.15, 0.2) is 48.5 Å². The Morgan fingerprint density at radius 1 is 1.12 bits per heavy atom. The lowest BCUT2D eigenvalue weighted by atomic mass is 9.84. The minimum atomic E-state index is -1.26. The first-order chi connectivity index (χ1) is 15.9. The standard InChI is InChI=1S/C23H22N4O6/c1-24-20(29)18-12-26(15-7-3-5-9-17(15)33-18)19(28)13-27-21(30)23(25-22(27)31)10-11-32-16-8-4-2-6-14(16)23/h2-9,18H,10-13H2,1H3,(H,24,29)(H,25,31)/t18-,23+/m1/s1. The fraction of sp³-hybridized carbons (Fsp3) is 0.304. The number of amides is 5. The molecule has 170 valence electrons. The van der Waals surface area contributed by atoms with Gasteiger partial charge in [-0.3, -0.25) is 19.3 Å². The highest BCUT2D eigenvalue weighted by atomic mass is 16.5. The fourth-order valence-electron chi connectivity index (χ4n) is 4.50. The number of nitrogens with one attached hydrogen (secondary N) is 2. The first-order valence-corrected chi connectivity index (χ1v) is 10.6. The Morgan fingerprint density at radius 2 is 1.85 bits per heavy atom. The highest BCUT2D eigenvalue weighted by molar-refractivity contribution is 6.11. The van der Waals surface area contributed by atoms with Gasteiger partial charge in [-0.2, -0.15) is 0 Å². The van der Waals surface area contributed by atoms with Gasteiger partial charge in [-0.1, -0.05) is 30.3 Å². The maximum atomic E-state index is 13.5. The van der Waals surface area contributed by atoms with Gasteiger partial charge in [0, 0.05) is 19.0 Å². The monoisotopic (exact) mass is 450 g/mol. The van der Waals surface area contributed by atoms with Crippen LogP contribution in [-0.2, 0) is 19.9 Å². The summed E-state index contributed by atoms with van der Waals surface area (Å²) < 4.78 is 11.4. The van der Waals surface area contributed by atoms with E-state index >= 15 is 0 Å². The molecule has 5 amide bonds. The number of hydrogen-bond donors (Lipinski definition) is 2. The van der Waals surface area contributed by atoms with E-state index in [-0.39, 0.29) is 25.5 Å². The molecule has 0 saturated carbocycles. The highest BCUT2D eigenvalue weighted by Crippen LogP contribution is 2.41. The Labute approximate surface area is 189 Å². The van der Waals surface area contributed by atoms with Crippen molar-refractivity contribution < 1.29 is 28.7 Å². The van der Waals surface area contributed by atoms with Crippen molar-refractivity contribution in [3.8, 4) is 11.5 Å². The molecule has 0 aromatic heterocycles. The van der Waals surface area contributed by atoms with E-state index in [0.717, 1.165) is 4.90 Å². The zero-order valence-corrected chi connectivity index (χ0v) is 17.9. The van der Waals surface area contributed by atoms with Crippen LogP contribution < -0.4 is 25.0 Å². The molecular formula is C23H22N4O6. The van der Waals surface area contributed by atoms with Gasteiger partial charge in [0.2, 0.25) is 5.91 Å². The Hall–Kier alpha value is -4.08. The number of anilines is 1. The average molecular weight is 450 g/mol. The Balaban J connectivity index is 1.42. The number of likely N-dealkylation sites (N-methyl/N-ethyl adjacent to an activating group) is 1. The predicted octanol–water partition coefficient (Wildman–Crippen LogP) is 0.756. The molecule has 3 heterocycles.